The molecule has 2 fully saturated rings. The van der Waals surface area contributed by atoms with Crippen molar-refractivity contribution in [3.63, 3.8) is 0 Å². The summed E-state index contributed by atoms with van der Waals surface area (Å²) in [5.41, 5.74) is 0.651. The second kappa shape index (κ2) is 8.22. The number of carbonyl (C=O) groups is 1. The van der Waals surface area contributed by atoms with Crippen molar-refractivity contribution >= 4 is 16.9 Å². The minimum atomic E-state index is -0.803. The van der Waals surface area contributed by atoms with E-state index in [1.54, 1.807) is 18.2 Å². The van der Waals surface area contributed by atoms with E-state index in [-0.39, 0.29) is 5.56 Å². The number of aromatic nitrogens is 1. The van der Waals surface area contributed by atoms with Crippen molar-refractivity contribution in [3.05, 3.63) is 35.6 Å². The maximum atomic E-state index is 14.9. The van der Waals surface area contributed by atoms with E-state index in [1.807, 2.05) is 0 Å². The first-order valence-corrected chi connectivity index (χ1v) is 9.76. The van der Waals surface area contributed by atoms with Gasteiger partial charge in [-0.3, -0.25) is 4.79 Å². The fourth-order valence-electron chi connectivity index (χ4n) is 4.16. The molecule has 1 spiro atoms. The number of esters is 1. The van der Waals surface area contributed by atoms with Crippen LogP contribution < -0.4 is 4.74 Å². The largest absolute Gasteiger partial charge is 0.481 e. The first-order valence-electron chi connectivity index (χ1n) is 9.76. The Balaban J connectivity index is 1.64. The third-order valence-corrected chi connectivity index (χ3v) is 5.74. The first-order chi connectivity index (χ1) is 14.0. The molecule has 3 heterocycles. The molecule has 0 amide bonds. The van der Waals surface area contributed by atoms with Crippen LogP contribution in [0.15, 0.2) is 24.3 Å². The Morgan fingerprint density at radius 1 is 1.21 bits per heavy atom. The first kappa shape index (κ1) is 20.0. The number of hydrogen-bond acceptors (Lipinski definition) is 7. The summed E-state index contributed by atoms with van der Waals surface area (Å²) in [5.74, 6) is -1.91. The number of halogens is 1. The van der Waals surface area contributed by atoms with E-state index >= 15 is 0 Å². The lowest BCUT2D eigenvalue weighted by atomic mass is 9.93. The molecule has 0 radical (unpaired) electrons. The lowest BCUT2D eigenvalue weighted by Gasteiger charge is -2.38. The topological polar surface area (TPSA) is 70.1 Å². The second-order valence-corrected chi connectivity index (χ2v) is 7.37. The van der Waals surface area contributed by atoms with E-state index in [0.717, 1.165) is 5.39 Å². The number of carbonyl (C=O) groups excluding carboxylic acids is 1. The lowest BCUT2D eigenvalue weighted by molar-refractivity contribution is -0.185. The Morgan fingerprint density at radius 2 is 1.90 bits per heavy atom. The summed E-state index contributed by atoms with van der Waals surface area (Å²) in [4.78, 5) is 19.2. The number of nitrogens with zero attached hydrogens (tertiary/aromatic N) is 2. The third kappa shape index (κ3) is 3.92. The van der Waals surface area contributed by atoms with Crippen molar-refractivity contribution in [2.45, 2.75) is 24.5 Å². The smallest absolute Gasteiger partial charge is 0.314 e. The van der Waals surface area contributed by atoms with E-state index in [2.05, 4.69) is 9.88 Å². The minimum Gasteiger partial charge on any atom is -0.481 e. The highest BCUT2D eigenvalue weighted by atomic mass is 19.1. The molecule has 0 bridgehead atoms. The normalized spacial score (nSPS) is 20.1. The standard InChI is InChI=1S/C21H25FN2O5/c1-26-17-6-4-14-3-5-16(22)18(19(14)23-17)15(20(25)27-2)13-24-9-7-21(8-10-24)28-11-12-29-21/h3-6,15H,7-13H2,1-2H3/t15-/m1/s1. The monoisotopic (exact) mass is 404 g/mol. The molecule has 7 nitrogen and oxygen atoms in total. The van der Waals surface area contributed by atoms with Gasteiger partial charge in [0.1, 0.15) is 5.82 Å². The highest BCUT2D eigenvalue weighted by Crippen LogP contribution is 2.34. The van der Waals surface area contributed by atoms with E-state index in [0.29, 0.717) is 57.1 Å². The molecule has 1 atom stereocenters. The average molecular weight is 404 g/mol. The molecule has 29 heavy (non-hydrogen) atoms. The van der Waals surface area contributed by atoms with Crippen molar-refractivity contribution in [1.29, 1.82) is 0 Å². The van der Waals surface area contributed by atoms with Crippen LogP contribution >= 0.6 is 0 Å². The second-order valence-electron chi connectivity index (χ2n) is 7.37. The molecule has 8 heteroatoms. The molecule has 2 aromatic rings. The quantitative estimate of drug-likeness (QED) is 0.709. The molecular formula is C21H25FN2O5. The van der Waals surface area contributed by atoms with Crippen molar-refractivity contribution in [2.75, 3.05) is 47.1 Å². The van der Waals surface area contributed by atoms with Gasteiger partial charge >= 0.3 is 5.97 Å². The zero-order valence-electron chi connectivity index (χ0n) is 16.7. The van der Waals surface area contributed by atoms with Crippen LogP contribution in [0.1, 0.15) is 24.3 Å². The van der Waals surface area contributed by atoms with Crippen molar-refractivity contribution in [2.24, 2.45) is 0 Å². The number of ether oxygens (including phenoxy) is 4. The molecule has 0 unspecified atom stereocenters. The van der Waals surface area contributed by atoms with Crippen LogP contribution in [0.4, 0.5) is 4.39 Å². The minimum absolute atomic E-state index is 0.238. The summed E-state index contributed by atoms with van der Waals surface area (Å²) in [6.07, 6.45) is 1.43. The molecule has 2 saturated heterocycles. The van der Waals surface area contributed by atoms with Crippen LogP contribution in [0.3, 0.4) is 0 Å². The Bertz CT molecular complexity index is 890. The fraction of sp³-hybridized carbons (Fsp3) is 0.524. The molecule has 2 aliphatic rings. The molecule has 156 valence electrons. The number of fused-ring (bicyclic) bond motifs is 1. The Labute approximate surface area is 168 Å². The van der Waals surface area contributed by atoms with Crippen LogP contribution in [-0.4, -0.2) is 68.7 Å². The van der Waals surface area contributed by atoms with Crippen LogP contribution in [-0.2, 0) is 19.0 Å². The van der Waals surface area contributed by atoms with Crippen LogP contribution in [0.2, 0.25) is 0 Å². The number of piperidine rings is 1. The van der Waals surface area contributed by atoms with Gasteiger partial charge < -0.3 is 23.8 Å². The number of hydrogen-bond donors (Lipinski definition) is 0. The van der Waals surface area contributed by atoms with E-state index in [1.165, 1.54) is 20.3 Å². The maximum Gasteiger partial charge on any atom is 0.314 e. The van der Waals surface area contributed by atoms with Crippen LogP contribution in [0, 0.1) is 5.82 Å². The van der Waals surface area contributed by atoms with Gasteiger partial charge in [-0.1, -0.05) is 0 Å². The van der Waals surface area contributed by atoms with Gasteiger partial charge in [0.25, 0.3) is 0 Å². The number of benzene rings is 1. The number of rotatable bonds is 5. The van der Waals surface area contributed by atoms with Crippen molar-refractivity contribution < 1.29 is 28.1 Å². The van der Waals surface area contributed by atoms with E-state index < -0.39 is 23.5 Å². The molecule has 1 aromatic carbocycles. The summed E-state index contributed by atoms with van der Waals surface area (Å²) < 4.78 is 36.7. The summed E-state index contributed by atoms with van der Waals surface area (Å²) in [6.45, 7) is 2.93. The van der Waals surface area contributed by atoms with Gasteiger partial charge in [0, 0.05) is 49.5 Å². The van der Waals surface area contributed by atoms with Gasteiger partial charge in [-0.2, -0.15) is 0 Å². The van der Waals surface area contributed by atoms with Gasteiger partial charge in [0.2, 0.25) is 5.88 Å². The summed E-state index contributed by atoms with van der Waals surface area (Å²) in [5, 5.41) is 0.737. The van der Waals surface area contributed by atoms with Crippen molar-refractivity contribution in [1.82, 2.24) is 9.88 Å². The molecular weight excluding hydrogens is 379 g/mol. The molecule has 0 N–H and O–H groups in total. The predicted octanol–water partition coefficient (Wildman–Crippen LogP) is 2.48. The highest BCUT2D eigenvalue weighted by molar-refractivity contribution is 5.89. The van der Waals surface area contributed by atoms with Gasteiger partial charge in [-0.15, -0.1) is 0 Å². The Kier molecular flexibility index (Phi) is 5.67. The molecule has 0 saturated carbocycles. The van der Waals surface area contributed by atoms with Crippen molar-refractivity contribution in [3.8, 4) is 5.88 Å². The maximum absolute atomic E-state index is 14.9. The lowest BCUT2D eigenvalue weighted by Crippen LogP contribution is -2.47. The van der Waals surface area contributed by atoms with Gasteiger partial charge in [-0.05, 0) is 18.2 Å². The van der Waals surface area contributed by atoms with E-state index in [4.69, 9.17) is 18.9 Å². The summed E-state index contributed by atoms with van der Waals surface area (Å²) in [6, 6.07) is 6.53. The number of likely N-dealkylation sites (tertiary alicyclic amines) is 1. The van der Waals surface area contributed by atoms with Gasteiger partial charge in [-0.25, -0.2) is 9.37 Å². The Morgan fingerprint density at radius 3 is 2.55 bits per heavy atom. The van der Waals surface area contributed by atoms with Crippen LogP contribution in [0.25, 0.3) is 10.9 Å². The molecule has 4 rings (SSSR count). The van der Waals surface area contributed by atoms with Gasteiger partial charge in [0.15, 0.2) is 5.79 Å². The third-order valence-electron chi connectivity index (χ3n) is 5.74. The molecule has 1 aromatic heterocycles. The molecule has 2 aliphatic heterocycles. The molecule has 0 aliphatic carbocycles. The Hall–Kier alpha value is -2.29. The van der Waals surface area contributed by atoms with Crippen LogP contribution in [0.5, 0.6) is 5.88 Å². The highest BCUT2D eigenvalue weighted by Gasteiger charge is 2.41. The summed E-state index contributed by atoms with van der Waals surface area (Å²) >= 11 is 0. The average Bonchev–Trinajstić information content (AvgIpc) is 3.21. The predicted molar refractivity (Wildman–Crippen MR) is 103 cm³/mol. The van der Waals surface area contributed by atoms with Gasteiger partial charge in [0.05, 0.1) is 38.9 Å². The number of methoxy groups -OCH3 is 2. The van der Waals surface area contributed by atoms with E-state index in [9.17, 15) is 9.18 Å². The zero-order chi connectivity index (χ0) is 20.4. The summed E-state index contributed by atoms with van der Waals surface area (Å²) in [7, 11) is 2.82. The fourth-order valence-corrected chi connectivity index (χ4v) is 4.16. The zero-order valence-corrected chi connectivity index (χ0v) is 16.7. The SMILES string of the molecule is COC(=O)[C@H](CN1CCC2(CC1)OCCO2)c1c(F)ccc2ccc(OC)nc12. The number of pyridine rings is 1.